The molecule has 120 valence electrons. The van der Waals surface area contributed by atoms with Crippen molar-refractivity contribution in [2.75, 3.05) is 18.1 Å². The van der Waals surface area contributed by atoms with E-state index in [4.69, 9.17) is 0 Å². The van der Waals surface area contributed by atoms with Gasteiger partial charge < -0.3 is 5.32 Å². The molecule has 0 amide bonds. The molecule has 0 spiro atoms. The van der Waals surface area contributed by atoms with Crippen molar-refractivity contribution in [1.29, 1.82) is 0 Å². The summed E-state index contributed by atoms with van der Waals surface area (Å²) in [7, 11) is -6.55. The minimum atomic E-state index is -3.56. The lowest BCUT2D eigenvalue weighted by atomic mass is 10.2. The highest BCUT2D eigenvalue weighted by atomic mass is 32.2. The Kier molecular flexibility index (Phi) is 5.42. The van der Waals surface area contributed by atoms with Crippen molar-refractivity contribution >= 4 is 31.2 Å². The van der Waals surface area contributed by atoms with Crippen LogP contribution in [0.1, 0.15) is 24.6 Å². The minimum Gasteiger partial charge on any atom is -0.312 e. The molecule has 0 unspecified atom stereocenters. The lowest BCUT2D eigenvalue weighted by Crippen LogP contribution is -2.40. The second kappa shape index (κ2) is 6.74. The highest BCUT2D eigenvalue weighted by molar-refractivity contribution is 7.91. The quantitative estimate of drug-likeness (QED) is 0.787. The Morgan fingerprint density at radius 1 is 1.33 bits per heavy atom. The molecule has 0 atom stereocenters. The van der Waals surface area contributed by atoms with Crippen LogP contribution in [0.5, 0.6) is 0 Å². The van der Waals surface area contributed by atoms with Crippen LogP contribution < -0.4 is 10.0 Å². The summed E-state index contributed by atoms with van der Waals surface area (Å²) in [5.41, 5.74) is 0. The number of hydrogen-bond donors (Lipinski definition) is 2. The van der Waals surface area contributed by atoms with E-state index in [2.05, 4.69) is 10.0 Å². The van der Waals surface area contributed by atoms with Gasteiger partial charge in [-0.05, 0) is 25.5 Å². The van der Waals surface area contributed by atoms with Crippen LogP contribution in [0.25, 0.3) is 0 Å². The fourth-order valence-electron chi connectivity index (χ4n) is 2.14. The first-order valence-corrected chi connectivity index (χ1v) is 11.0. The first kappa shape index (κ1) is 16.9. The Hall–Kier alpha value is -0.480. The van der Waals surface area contributed by atoms with E-state index < -0.39 is 19.9 Å². The smallest absolute Gasteiger partial charge is 0.241 e. The molecule has 1 aromatic heterocycles. The van der Waals surface area contributed by atoms with Crippen LogP contribution in [0, 0.1) is 0 Å². The Morgan fingerprint density at radius 3 is 2.62 bits per heavy atom. The summed E-state index contributed by atoms with van der Waals surface area (Å²) >= 11 is 1.40. The number of hydrogen-bond acceptors (Lipinski definition) is 6. The van der Waals surface area contributed by atoms with Gasteiger partial charge in [-0.25, -0.2) is 21.6 Å². The molecule has 0 aromatic carbocycles. The Balaban J connectivity index is 2.00. The molecule has 1 aliphatic heterocycles. The second-order valence-corrected chi connectivity index (χ2v) is 10.1. The van der Waals surface area contributed by atoms with Crippen molar-refractivity contribution in [1.82, 2.24) is 10.0 Å². The van der Waals surface area contributed by atoms with Gasteiger partial charge in [-0.1, -0.05) is 6.92 Å². The van der Waals surface area contributed by atoms with Crippen LogP contribution in [-0.4, -0.2) is 40.9 Å². The third-order valence-corrected chi connectivity index (χ3v) is 7.67. The van der Waals surface area contributed by atoms with Crippen LogP contribution in [0.15, 0.2) is 16.3 Å². The summed E-state index contributed by atoms with van der Waals surface area (Å²) in [5.74, 6) is 0.102. The molecule has 21 heavy (non-hydrogen) atoms. The fraction of sp³-hybridized carbons (Fsp3) is 0.667. The molecule has 1 aliphatic rings. The molecule has 0 aliphatic carbocycles. The fourth-order valence-corrected chi connectivity index (χ4v) is 6.18. The monoisotopic (exact) mass is 352 g/mol. The third-order valence-electron chi connectivity index (χ3n) is 3.37. The van der Waals surface area contributed by atoms with Crippen molar-refractivity contribution in [3.8, 4) is 0 Å². The van der Waals surface area contributed by atoms with Crippen LogP contribution in [-0.2, 0) is 26.4 Å². The molecular weight excluding hydrogens is 332 g/mol. The summed E-state index contributed by atoms with van der Waals surface area (Å²) < 4.78 is 49.9. The van der Waals surface area contributed by atoms with Gasteiger partial charge in [0.25, 0.3) is 0 Å². The zero-order chi connectivity index (χ0) is 15.5. The molecule has 2 N–H and O–H groups in total. The Morgan fingerprint density at radius 2 is 2.00 bits per heavy atom. The van der Waals surface area contributed by atoms with Crippen LogP contribution in [0.2, 0.25) is 0 Å². The SMILES string of the molecule is CCNCc1cc(S(=O)(=O)NC2CCS(=O)(=O)CC2)cs1. The summed E-state index contributed by atoms with van der Waals surface area (Å²) in [6.07, 6.45) is 0.686. The first-order valence-electron chi connectivity index (χ1n) is 6.83. The van der Waals surface area contributed by atoms with E-state index in [9.17, 15) is 16.8 Å². The summed E-state index contributed by atoms with van der Waals surface area (Å²) in [6, 6.07) is 1.37. The van der Waals surface area contributed by atoms with Crippen LogP contribution in [0.3, 0.4) is 0 Å². The van der Waals surface area contributed by atoms with Gasteiger partial charge in [0.1, 0.15) is 9.84 Å². The maximum absolute atomic E-state index is 12.3. The molecule has 1 saturated heterocycles. The molecule has 0 saturated carbocycles. The maximum atomic E-state index is 12.3. The van der Waals surface area contributed by atoms with E-state index in [1.807, 2.05) is 6.92 Å². The lowest BCUT2D eigenvalue weighted by Gasteiger charge is -2.22. The van der Waals surface area contributed by atoms with E-state index in [0.29, 0.717) is 19.4 Å². The number of sulfonamides is 1. The molecule has 9 heteroatoms. The van der Waals surface area contributed by atoms with Crippen molar-refractivity contribution in [2.24, 2.45) is 0 Å². The van der Waals surface area contributed by atoms with Gasteiger partial charge in [0.2, 0.25) is 10.0 Å². The number of nitrogens with one attached hydrogen (secondary N) is 2. The van der Waals surface area contributed by atoms with Gasteiger partial charge in [-0.3, -0.25) is 0 Å². The largest absolute Gasteiger partial charge is 0.312 e. The topological polar surface area (TPSA) is 92.3 Å². The normalized spacial score (nSPS) is 19.7. The van der Waals surface area contributed by atoms with Gasteiger partial charge in [-0.2, -0.15) is 0 Å². The molecule has 1 aromatic rings. The highest BCUT2D eigenvalue weighted by Gasteiger charge is 2.27. The maximum Gasteiger partial charge on any atom is 0.241 e. The minimum absolute atomic E-state index is 0.0511. The first-order chi connectivity index (χ1) is 9.82. The second-order valence-electron chi connectivity index (χ2n) is 5.08. The number of rotatable bonds is 6. The van der Waals surface area contributed by atoms with E-state index in [1.165, 1.54) is 11.3 Å². The van der Waals surface area contributed by atoms with E-state index in [-0.39, 0.29) is 22.4 Å². The van der Waals surface area contributed by atoms with Gasteiger partial charge >= 0.3 is 0 Å². The number of sulfone groups is 1. The molecular formula is C12H20N2O4S3. The zero-order valence-corrected chi connectivity index (χ0v) is 14.3. The summed E-state index contributed by atoms with van der Waals surface area (Å²) in [6.45, 7) is 3.47. The average Bonchev–Trinajstić information content (AvgIpc) is 2.88. The van der Waals surface area contributed by atoms with Gasteiger partial charge in [0, 0.05) is 22.8 Å². The molecule has 2 heterocycles. The summed E-state index contributed by atoms with van der Waals surface area (Å²) in [4.78, 5) is 1.22. The molecule has 6 nitrogen and oxygen atoms in total. The summed E-state index contributed by atoms with van der Waals surface area (Å²) in [5, 5.41) is 4.77. The van der Waals surface area contributed by atoms with Crippen LogP contribution in [0.4, 0.5) is 0 Å². The molecule has 2 rings (SSSR count). The third kappa shape index (κ3) is 4.75. The van der Waals surface area contributed by atoms with Gasteiger partial charge in [0.05, 0.1) is 16.4 Å². The van der Waals surface area contributed by atoms with Crippen molar-refractivity contribution in [3.05, 3.63) is 16.3 Å². The lowest BCUT2D eigenvalue weighted by molar-refractivity contribution is 0.505. The van der Waals surface area contributed by atoms with Crippen molar-refractivity contribution in [2.45, 2.75) is 37.2 Å². The molecule has 1 fully saturated rings. The molecule has 0 bridgehead atoms. The molecule has 0 radical (unpaired) electrons. The van der Waals surface area contributed by atoms with E-state index in [1.54, 1.807) is 11.4 Å². The predicted molar refractivity (Wildman–Crippen MR) is 83.7 cm³/mol. The van der Waals surface area contributed by atoms with Crippen LogP contribution >= 0.6 is 11.3 Å². The Labute approximate surface area is 129 Å². The van der Waals surface area contributed by atoms with Crippen molar-refractivity contribution in [3.63, 3.8) is 0 Å². The van der Waals surface area contributed by atoms with Gasteiger partial charge in [0.15, 0.2) is 0 Å². The number of thiophene rings is 1. The van der Waals surface area contributed by atoms with E-state index in [0.717, 1.165) is 11.4 Å². The Bertz CT molecular complexity index is 665. The highest BCUT2D eigenvalue weighted by Crippen LogP contribution is 2.21. The van der Waals surface area contributed by atoms with E-state index >= 15 is 0 Å². The predicted octanol–water partition coefficient (Wildman–Crippen LogP) is 0.713. The standard InChI is InChI=1S/C12H20N2O4S3/c1-2-13-8-11-7-12(9-19-11)21(17,18)14-10-3-5-20(15,16)6-4-10/h7,9-10,13-14H,2-6,8H2,1H3. The van der Waals surface area contributed by atoms with Crippen molar-refractivity contribution < 1.29 is 16.8 Å². The average molecular weight is 353 g/mol. The van der Waals surface area contributed by atoms with Gasteiger partial charge in [-0.15, -0.1) is 11.3 Å². The zero-order valence-electron chi connectivity index (χ0n) is 11.8.